The third-order valence-corrected chi connectivity index (χ3v) is 6.61. The zero-order valence-corrected chi connectivity index (χ0v) is 11.8. The van der Waals surface area contributed by atoms with Gasteiger partial charge in [0, 0.05) is 11.5 Å². The Kier molecular flexibility index (Phi) is 2.63. The fourth-order valence-corrected chi connectivity index (χ4v) is 6.16. The van der Waals surface area contributed by atoms with Crippen LogP contribution in [0.3, 0.4) is 0 Å². The molecule has 4 fully saturated rings. The van der Waals surface area contributed by atoms with Crippen molar-refractivity contribution < 1.29 is 9.90 Å². The highest BCUT2D eigenvalue weighted by Gasteiger charge is 2.64. The first kappa shape index (κ1) is 12.3. The van der Waals surface area contributed by atoms with Crippen molar-refractivity contribution in [3.05, 3.63) is 0 Å². The van der Waals surface area contributed by atoms with Gasteiger partial charge in [0.05, 0.1) is 0 Å². The van der Waals surface area contributed by atoms with E-state index in [1.807, 2.05) is 0 Å². The molecule has 3 heteroatoms. The van der Waals surface area contributed by atoms with E-state index >= 15 is 0 Å². The molecule has 0 aromatic carbocycles. The second-order valence-corrected chi connectivity index (χ2v) is 7.48. The van der Waals surface area contributed by atoms with Gasteiger partial charge in [0.2, 0.25) is 0 Å². The van der Waals surface area contributed by atoms with Crippen LogP contribution in [-0.4, -0.2) is 40.5 Å². The van der Waals surface area contributed by atoms with Gasteiger partial charge in [-0.2, -0.15) is 0 Å². The van der Waals surface area contributed by atoms with E-state index in [-0.39, 0.29) is 23.2 Å². The number of Topliss-reactive ketones (excluding diaryl/α,β-unsaturated/α-hetero) is 1. The SMILES string of the molecule is C[C@@H]1C[C@H]2[C@H](O)C(=O)[C@H]3CCCN4CCC[C@H]2[C@]34C1. The molecule has 0 radical (unpaired) electrons. The predicted octanol–water partition coefficient (Wildman–Crippen LogP) is 1.84. The van der Waals surface area contributed by atoms with Crippen molar-refractivity contribution in [3.63, 3.8) is 0 Å². The number of carbonyl (C=O) groups is 1. The maximum atomic E-state index is 12.6. The maximum absolute atomic E-state index is 12.6. The highest BCUT2D eigenvalue weighted by molar-refractivity contribution is 5.88. The summed E-state index contributed by atoms with van der Waals surface area (Å²) < 4.78 is 0. The van der Waals surface area contributed by atoms with Crippen LogP contribution >= 0.6 is 0 Å². The van der Waals surface area contributed by atoms with Crippen LogP contribution in [0.1, 0.15) is 45.4 Å². The monoisotopic (exact) mass is 263 g/mol. The highest BCUT2D eigenvalue weighted by atomic mass is 16.3. The van der Waals surface area contributed by atoms with Gasteiger partial charge in [0.15, 0.2) is 5.78 Å². The molecule has 2 saturated carbocycles. The second-order valence-electron chi connectivity index (χ2n) is 7.48. The van der Waals surface area contributed by atoms with Gasteiger partial charge in [-0.3, -0.25) is 9.69 Å². The van der Waals surface area contributed by atoms with Gasteiger partial charge in [-0.25, -0.2) is 0 Å². The Morgan fingerprint density at radius 1 is 1.26 bits per heavy atom. The molecule has 2 bridgehead atoms. The second kappa shape index (κ2) is 4.05. The largest absolute Gasteiger partial charge is 0.385 e. The van der Waals surface area contributed by atoms with Crippen LogP contribution in [0.15, 0.2) is 0 Å². The molecular formula is C16H25NO2. The molecule has 19 heavy (non-hydrogen) atoms. The molecule has 4 aliphatic rings. The summed E-state index contributed by atoms with van der Waals surface area (Å²) in [5.74, 6) is 1.79. The van der Waals surface area contributed by atoms with E-state index in [0.717, 1.165) is 19.3 Å². The minimum absolute atomic E-state index is 0.126. The first-order chi connectivity index (χ1) is 9.14. The van der Waals surface area contributed by atoms with Crippen LogP contribution in [0, 0.1) is 23.7 Å². The zero-order chi connectivity index (χ0) is 13.2. The Balaban J connectivity index is 1.84. The normalized spacial score (nSPS) is 53.8. The maximum Gasteiger partial charge on any atom is 0.166 e. The van der Waals surface area contributed by atoms with Gasteiger partial charge < -0.3 is 5.11 Å². The molecule has 3 nitrogen and oxygen atoms in total. The van der Waals surface area contributed by atoms with Crippen molar-refractivity contribution >= 4 is 5.78 Å². The van der Waals surface area contributed by atoms with Crippen LogP contribution < -0.4 is 0 Å². The lowest BCUT2D eigenvalue weighted by atomic mass is 9.48. The fraction of sp³-hybridized carbons (Fsp3) is 0.938. The molecule has 0 aromatic heterocycles. The highest BCUT2D eigenvalue weighted by Crippen LogP contribution is 2.59. The minimum atomic E-state index is -0.663. The van der Waals surface area contributed by atoms with Crippen molar-refractivity contribution in [2.75, 3.05) is 13.1 Å². The van der Waals surface area contributed by atoms with Crippen LogP contribution in [0.25, 0.3) is 0 Å². The number of hydrogen-bond donors (Lipinski definition) is 1. The summed E-state index contributed by atoms with van der Waals surface area (Å²) in [5.41, 5.74) is 0.134. The van der Waals surface area contributed by atoms with Crippen LogP contribution in [0.5, 0.6) is 0 Å². The molecule has 1 N–H and O–H groups in total. The fourth-order valence-electron chi connectivity index (χ4n) is 6.16. The number of aliphatic hydroxyl groups excluding tert-OH is 1. The standard InChI is InChI=1S/C16H25NO2/c1-10-8-11-12-4-2-6-17-7-3-5-13(15(19)14(11)18)16(12,17)9-10/h10-14,18H,2-9H2,1H3/t10-,11-,12-,13-,14+,16-/m1/s1. The Morgan fingerprint density at radius 3 is 2.79 bits per heavy atom. The topological polar surface area (TPSA) is 40.5 Å². The average Bonchev–Trinajstić information content (AvgIpc) is 2.40. The number of rotatable bonds is 0. The van der Waals surface area contributed by atoms with Crippen molar-refractivity contribution in [3.8, 4) is 0 Å². The summed E-state index contributed by atoms with van der Waals surface area (Å²) in [6.07, 6.45) is 6.22. The number of hydrogen-bond acceptors (Lipinski definition) is 3. The average molecular weight is 263 g/mol. The lowest BCUT2D eigenvalue weighted by Crippen LogP contribution is -2.74. The molecular weight excluding hydrogens is 238 g/mol. The van der Waals surface area contributed by atoms with Gasteiger partial charge in [-0.1, -0.05) is 6.92 Å². The number of carbonyl (C=O) groups excluding carboxylic acids is 1. The molecule has 0 unspecified atom stereocenters. The Hall–Kier alpha value is -0.410. The molecule has 0 aromatic rings. The van der Waals surface area contributed by atoms with Gasteiger partial charge in [-0.15, -0.1) is 0 Å². The van der Waals surface area contributed by atoms with Gasteiger partial charge in [0.1, 0.15) is 6.10 Å². The molecule has 0 amide bonds. The summed E-state index contributed by atoms with van der Waals surface area (Å²) in [6.45, 7) is 4.67. The first-order valence-electron chi connectivity index (χ1n) is 8.11. The smallest absolute Gasteiger partial charge is 0.166 e. The molecule has 2 aliphatic carbocycles. The predicted molar refractivity (Wildman–Crippen MR) is 72.7 cm³/mol. The third kappa shape index (κ3) is 1.43. The zero-order valence-electron chi connectivity index (χ0n) is 11.8. The third-order valence-electron chi connectivity index (χ3n) is 6.61. The summed E-state index contributed by atoms with van der Waals surface area (Å²) >= 11 is 0. The van der Waals surface area contributed by atoms with E-state index in [0.29, 0.717) is 11.8 Å². The minimum Gasteiger partial charge on any atom is -0.385 e. The number of ketones is 1. The van der Waals surface area contributed by atoms with Gasteiger partial charge in [0.25, 0.3) is 0 Å². The molecule has 4 rings (SSSR count). The van der Waals surface area contributed by atoms with E-state index in [9.17, 15) is 9.90 Å². The van der Waals surface area contributed by atoms with Crippen molar-refractivity contribution in [1.29, 1.82) is 0 Å². The summed E-state index contributed by atoms with van der Waals surface area (Å²) in [7, 11) is 0. The molecule has 2 saturated heterocycles. The molecule has 2 heterocycles. The van der Waals surface area contributed by atoms with Crippen molar-refractivity contribution in [2.24, 2.45) is 23.7 Å². The first-order valence-corrected chi connectivity index (χ1v) is 8.11. The van der Waals surface area contributed by atoms with Crippen molar-refractivity contribution in [1.82, 2.24) is 4.90 Å². The van der Waals surface area contributed by atoms with E-state index in [1.54, 1.807) is 0 Å². The number of aliphatic hydroxyl groups is 1. The van der Waals surface area contributed by atoms with E-state index in [1.165, 1.54) is 32.4 Å². The Morgan fingerprint density at radius 2 is 2.00 bits per heavy atom. The van der Waals surface area contributed by atoms with Crippen LogP contribution in [0.4, 0.5) is 0 Å². The summed E-state index contributed by atoms with van der Waals surface area (Å²) in [6, 6.07) is 0. The Labute approximate surface area is 115 Å². The van der Waals surface area contributed by atoms with Crippen LogP contribution in [-0.2, 0) is 4.79 Å². The quantitative estimate of drug-likeness (QED) is 0.725. The molecule has 2 aliphatic heterocycles. The lowest BCUT2D eigenvalue weighted by Gasteiger charge is -2.66. The van der Waals surface area contributed by atoms with Gasteiger partial charge in [-0.05, 0) is 69.4 Å². The Bertz CT molecular complexity index is 408. The lowest BCUT2D eigenvalue weighted by molar-refractivity contribution is -0.193. The van der Waals surface area contributed by atoms with E-state index in [4.69, 9.17) is 0 Å². The summed E-state index contributed by atoms with van der Waals surface area (Å²) in [4.78, 5) is 15.3. The number of piperidine rings is 2. The summed E-state index contributed by atoms with van der Waals surface area (Å²) in [5, 5.41) is 10.5. The molecule has 6 atom stereocenters. The van der Waals surface area contributed by atoms with E-state index in [2.05, 4.69) is 11.8 Å². The number of nitrogens with zero attached hydrogens (tertiary/aromatic N) is 1. The van der Waals surface area contributed by atoms with Crippen molar-refractivity contribution in [2.45, 2.75) is 57.1 Å². The van der Waals surface area contributed by atoms with E-state index < -0.39 is 6.10 Å². The van der Waals surface area contributed by atoms with Crippen LogP contribution in [0.2, 0.25) is 0 Å². The molecule has 106 valence electrons. The molecule has 1 spiro atoms. The van der Waals surface area contributed by atoms with Gasteiger partial charge >= 0.3 is 0 Å².